The number of anilines is 3. The first kappa shape index (κ1) is 14.2. The van der Waals surface area contributed by atoms with Crippen molar-refractivity contribution in [2.75, 3.05) is 17.7 Å². The number of hydrogen-bond donors (Lipinski definition) is 2. The average molecular weight is 281 g/mol. The molecule has 0 radical (unpaired) electrons. The van der Waals surface area contributed by atoms with Crippen molar-refractivity contribution in [2.24, 2.45) is 0 Å². The van der Waals surface area contributed by atoms with Crippen LogP contribution in [0.2, 0.25) is 0 Å². The van der Waals surface area contributed by atoms with Crippen molar-refractivity contribution in [3.8, 4) is 0 Å². The summed E-state index contributed by atoms with van der Waals surface area (Å²) in [4.78, 5) is 4.01. The molecule has 106 valence electrons. The second-order valence-electron chi connectivity index (χ2n) is 4.36. The Morgan fingerprint density at radius 3 is 2.40 bits per heavy atom. The van der Waals surface area contributed by atoms with Gasteiger partial charge < -0.3 is 10.6 Å². The Balaban J connectivity index is 2.32. The van der Waals surface area contributed by atoms with Gasteiger partial charge in [0.25, 0.3) is 0 Å². The van der Waals surface area contributed by atoms with E-state index < -0.39 is 11.7 Å². The number of aryl methyl sites for hydroxylation is 1. The third-order valence-corrected chi connectivity index (χ3v) is 2.87. The van der Waals surface area contributed by atoms with Crippen LogP contribution in [0.4, 0.5) is 30.2 Å². The summed E-state index contributed by atoms with van der Waals surface area (Å²) in [6.45, 7) is 1.75. The molecule has 1 heterocycles. The van der Waals surface area contributed by atoms with Gasteiger partial charge in [-0.3, -0.25) is 4.98 Å². The molecule has 2 N–H and O–H groups in total. The van der Waals surface area contributed by atoms with Gasteiger partial charge in [0, 0.05) is 12.7 Å². The summed E-state index contributed by atoms with van der Waals surface area (Å²) in [6.07, 6.45) is -1.17. The minimum absolute atomic E-state index is 0.412. The van der Waals surface area contributed by atoms with E-state index in [9.17, 15) is 13.2 Å². The van der Waals surface area contributed by atoms with Crippen molar-refractivity contribution in [3.63, 3.8) is 0 Å². The van der Waals surface area contributed by atoms with Gasteiger partial charge >= 0.3 is 6.18 Å². The molecule has 0 saturated carbocycles. The van der Waals surface area contributed by atoms with Gasteiger partial charge in [-0.25, -0.2) is 0 Å². The lowest BCUT2D eigenvalue weighted by Crippen LogP contribution is -2.06. The highest BCUT2D eigenvalue weighted by Gasteiger charge is 2.30. The topological polar surface area (TPSA) is 37.0 Å². The van der Waals surface area contributed by atoms with E-state index in [4.69, 9.17) is 0 Å². The lowest BCUT2D eigenvalue weighted by Gasteiger charge is -2.13. The SMILES string of the molecule is CNc1cncc(Nc2cc(C(F)(F)F)ccc2C)c1. The zero-order chi connectivity index (χ0) is 14.8. The Morgan fingerprint density at radius 2 is 1.75 bits per heavy atom. The summed E-state index contributed by atoms with van der Waals surface area (Å²) in [5, 5.41) is 5.88. The fourth-order valence-corrected chi connectivity index (χ4v) is 1.73. The van der Waals surface area contributed by atoms with Crippen LogP contribution in [0.15, 0.2) is 36.7 Å². The molecular formula is C14H14F3N3. The molecule has 20 heavy (non-hydrogen) atoms. The van der Waals surface area contributed by atoms with Crippen LogP contribution in [0.3, 0.4) is 0 Å². The van der Waals surface area contributed by atoms with Crippen LogP contribution in [-0.2, 0) is 6.18 Å². The molecule has 1 aromatic carbocycles. The van der Waals surface area contributed by atoms with Gasteiger partial charge in [0.05, 0.1) is 29.3 Å². The highest BCUT2D eigenvalue weighted by molar-refractivity contribution is 5.66. The lowest BCUT2D eigenvalue weighted by molar-refractivity contribution is -0.137. The van der Waals surface area contributed by atoms with Crippen LogP contribution < -0.4 is 10.6 Å². The number of rotatable bonds is 3. The largest absolute Gasteiger partial charge is 0.416 e. The zero-order valence-electron chi connectivity index (χ0n) is 11.0. The van der Waals surface area contributed by atoms with Crippen LogP contribution in [0.25, 0.3) is 0 Å². The van der Waals surface area contributed by atoms with Crippen molar-refractivity contribution in [1.29, 1.82) is 0 Å². The van der Waals surface area contributed by atoms with Crippen molar-refractivity contribution in [2.45, 2.75) is 13.1 Å². The second-order valence-corrected chi connectivity index (χ2v) is 4.36. The van der Waals surface area contributed by atoms with Gasteiger partial charge in [0.15, 0.2) is 0 Å². The number of alkyl halides is 3. The van der Waals surface area contributed by atoms with E-state index in [0.29, 0.717) is 11.4 Å². The van der Waals surface area contributed by atoms with Crippen LogP contribution in [0.5, 0.6) is 0 Å². The summed E-state index contributed by atoms with van der Waals surface area (Å²) >= 11 is 0. The average Bonchev–Trinajstić information content (AvgIpc) is 2.40. The fourth-order valence-electron chi connectivity index (χ4n) is 1.73. The molecule has 1 aromatic heterocycles. The van der Waals surface area contributed by atoms with Gasteiger partial charge in [0.1, 0.15) is 0 Å². The van der Waals surface area contributed by atoms with Crippen molar-refractivity contribution in [3.05, 3.63) is 47.8 Å². The maximum atomic E-state index is 12.7. The molecular weight excluding hydrogens is 267 g/mol. The van der Waals surface area contributed by atoms with E-state index in [2.05, 4.69) is 15.6 Å². The van der Waals surface area contributed by atoms with E-state index in [1.165, 1.54) is 6.07 Å². The van der Waals surface area contributed by atoms with E-state index >= 15 is 0 Å². The molecule has 0 bridgehead atoms. The first-order valence-electron chi connectivity index (χ1n) is 5.98. The van der Waals surface area contributed by atoms with Crippen LogP contribution >= 0.6 is 0 Å². The monoisotopic (exact) mass is 281 g/mol. The highest BCUT2D eigenvalue weighted by Crippen LogP contribution is 2.33. The third-order valence-electron chi connectivity index (χ3n) is 2.87. The van der Waals surface area contributed by atoms with Crippen LogP contribution in [-0.4, -0.2) is 12.0 Å². The van der Waals surface area contributed by atoms with E-state index in [1.54, 1.807) is 32.4 Å². The van der Waals surface area contributed by atoms with E-state index in [-0.39, 0.29) is 0 Å². The van der Waals surface area contributed by atoms with Crippen LogP contribution in [0, 0.1) is 6.92 Å². The predicted molar refractivity (Wildman–Crippen MR) is 73.2 cm³/mol. The number of nitrogens with one attached hydrogen (secondary N) is 2. The second kappa shape index (κ2) is 5.40. The quantitative estimate of drug-likeness (QED) is 0.885. The summed E-state index contributed by atoms with van der Waals surface area (Å²) in [7, 11) is 1.75. The number of aromatic nitrogens is 1. The fraction of sp³-hybridized carbons (Fsp3) is 0.214. The molecule has 0 aliphatic heterocycles. The van der Waals surface area contributed by atoms with Crippen molar-refractivity contribution in [1.82, 2.24) is 4.98 Å². The molecule has 2 rings (SSSR count). The first-order chi connectivity index (χ1) is 9.40. The molecule has 0 saturated heterocycles. The molecule has 3 nitrogen and oxygen atoms in total. The summed E-state index contributed by atoms with van der Waals surface area (Å²) in [5.74, 6) is 0. The molecule has 6 heteroatoms. The Hall–Kier alpha value is -2.24. The van der Waals surface area contributed by atoms with Gasteiger partial charge in [-0.15, -0.1) is 0 Å². The maximum absolute atomic E-state index is 12.7. The van der Waals surface area contributed by atoms with Gasteiger partial charge in [-0.05, 0) is 30.7 Å². The maximum Gasteiger partial charge on any atom is 0.416 e. The Bertz CT molecular complexity index is 609. The standard InChI is InChI=1S/C14H14F3N3/c1-9-3-4-10(14(15,16)17)5-13(9)20-12-6-11(18-2)7-19-8-12/h3-8,18,20H,1-2H3. The van der Waals surface area contributed by atoms with Gasteiger partial charge in [-0.1, -0.05) is 6.07 Å². The molecule has 0 fully saturated rings. The number of benzene rings is 1. The molecule has 0 amide bonds. The molecule has 0 unspecified atom stereocenters. The number of hydrogen-bond acceptors (Lipinski definition) is 3. The number of pyridine rings is 1. The first-order valence-corrected chi connectivity index (χ1v) is 5.98. The summed E-state index contributed by atoms with van der Waals surface area (Å²) in [5.41, 5.74) is 1.87. The molecule has 0 atom stereocenters. The summed E-state index contributed by atoms with van der Waals surface area (Å²) < 4.78 is 38.1. The van der Waals surface area contributed by atoms with Gasteiger partial charge in [0.2, 0.25) is 0 Å². The normalized spacial score (nSPS) is 11.2. The van der Waals surface area contributed by atoms with Crippen molar-refractivity contribution >= 4 is 17.1 Å². The van der Waals surface area contributed by atoms with E-state index in [1.807, 2.05) is 0 Å². The minimum Gasteiger partial charge on any atom is -0.387 e. The van der Waals surface area contributed by atoms with Crippen LogP contribution in [0.1, 0.15) is 11.1 Å². The third kappa shape index (κ3) is 3.20. The predicted octanol–water partition coefficient (Wildman–Crippen LogP) is 4.19. The smallest absolute Gasteiger partial charge is 0.387 e. The lowest BCUT2D eigenvalue weighted by atomic mass is 10.1. The Labute approximate surface area is 114 Å². The van der Waals surface area contributed by atoms with Crippen molar-refractivity contribution < 1.29 is 13.2 Å². The van der Waals surface area contributed by atoms with Gasteiger partial charge in [-0.2, -0.15) is 13.2 Å². The van der Waals surface area contributed by atoms with E-state index in [0.717, 1.165) is 23.4 Å². The minimum atomic E-state index is -4.35. The molecule has 0 aliphatic rings. The molecule has 0 spiro atoms. The number of nitrogens with zero attached hydrogens (tertiary/aromatic N) is 1. The Morgan fingerprint density at radius 1 is 1.05 bits per heavy atom. The highest BCUT2D eigenvalue weighted by atomic mass is 19.4. The Kier molecular flexibility index (Phi) is 3.83. The molecule has 2 aromatic rings. The zero-order valence-corrected chi connectivity index (χ0v) is 11.0. The summed E-state index contributed by atoms with van der Waals surface area (Å²) in [6, 6.07) is 5.39. The number of halogens is 3. The molecule has 0 aliphatic carbocycles.